The standard InChI is InChI=1S/C15H26O7/c1-13(2)19-7-15(22-13)6-9(18-8-17-5)10-11(12(15)16)21-14(3,4)20-10/h9-12,16H,6-8H2,1-5H3/t9-,10+,11+,12-,15-/m1/s1. The van der Waals surface area contributed by atoms with E-state index in [1.54, 1.807) is 7.11 Å². The number of fused-ring (bicyclic) bond motifs is 1. The Balaban J connectivity index is 1.86. The van der Waals surface area contributed by atoms with Gasteiger partial charge in [-0.3, -0.25) is 0 Å². The molecule has 0 radical (unpaired) electrons. The minimum absolute atomic E-state index is 0.147. The molecule has 0 aromatic carbocycles. The summed E-state index contributed by atoms with van der Waals surface area (Å²) in [5.41, 5.74) is -0.854. The number of hydrogen-bond acceptors (Lipinski definition) is 7. The first-order valence-electron chi connectivity index (χ1n) is 7.66. The van der Waals surface area contributed by atoms with Crippen molar-refractivity contribution in [2.24, 2.45) is 0 Å². The Morgan fingerprint density at radius 1 is 1.09 bits per heavy atom. The van der Waals surface area contributed by atoms with Gasteiger partial charge < -0.3 is 33.5 Å². The Bertz CT molecular complexity index is 424. The summed E-state index contributed by atoms with van der Waals surface area (Å²) < 4.78 is 34.3. The van der Waals surface area contributed by atoms with Crippen molar-refractivity contribution in [3.63, 3.8) is 0 Å². The first-order chi connectivity index (χ1) is 10.2. The van der Waals surface area contributed by atoms with Gasteiger partial charge in [0.15, 0.2) is 11.6 Å². The zero-order valence-corrected chi connectivity index (χ0v) is 13.8. The Kier molecular flexibility index (Phi) is 4.05. The lowest BCUT2D eigenvalue weighted by Gasteiger charge is -2.45. The van der Waals surface area contributed by atoms with E-state index < -0.39 is 29.4 Å². The molecule has 5 atom stereocenters. The van der Waals surface area contributed by atoms with Crippen LogP contribution in [0.2, 0.25) is 0 Å². The largest absolute Gasteiger partial charge is 0.387 e. The van der Waals surface area contributed by atoms with Crippen molar-refractivity contribution in [1.82, 2.24) is 0 Å². The lowest BCUT2D eigenvalue weighted by molar-refractivity contribution is -0.241. The van der Waals surface area contributed by atoms with Gasteiger partial charge in [0.05, 0.1) is 12.7 Å². The normalized spacial score (nSPS) is 46.1. The SMILES string of the molecule is COCO[C@@H]1C[C@@]2(COC(C)(C)O2)[C@H](O)[C@H]2OC(C)(C)O[C@H]21. The van der Waals surface area contributed by atoms with Crippen LogP contribution in [0, 0.1) is 0 Å². The van der Waals surface area contributed by atoms with Gasteiger partial charge in [-0.05, 0) is 27.7 Å². The van der Waals surface area contributed by atoms with E-state index in [1.807, 2.05) is 27.7 Å². The van der Waals surface area contributed by atoms with Gasteiger partial charge in [-0.1, -0.05) is 0 Å². The fraction of sp³-hybridized carbons (Fsp3) is 1.00. The average Bonchev–Trinajstić information content (AvgIpc) is 2.90. The molecule has 0 unspecified atom stereocenters. The third-order valence-electron chi connectivity index (χ3n) is 4.44. The molecule has 22 heavy (non-hydrogen) atoms. The Morgan fingerprint density at radius 3 is 2.36 bits per heavy atom. The molecule has 3 aliphatic rings. The van der Waals surface area contributed by atoms with Crippen molar-refractivity contribution >= 4 is 0 Å². The number of aliphatic hydroxyl groups excluding tert-OH is 1. The highest BCUT2D eigenvalue weighted by atomic mass is 16.8. The summed E-state index contributed by atoms with van der Waals surface area (Å²) in [7, 11) is 1.57. The molecule has 1 aliphatic carbocycles. The predicted molar refractivity (Wildman–Crippen MR) is 75.0 cm³/mol. The topological polar surface area (TPSA) is 75.6 Å². The number of methoxy groups -OCH3 is 1. The zero-order valence-electron chi connectivity index (χ0n) is 13.8. The summed E-state index contributed by atoms with van der Waals surface area (Å²) in [6, 6.07) is 0. The van der Waals surface area contributed by atoms with Crippen molar-refractivity contribution in [3.05, 3.63) is 0 Å². The molecule has 3 rings (SSSR count). The maximum absolute atomic E-state index is 10.8. The number of rotatable bonds is 3. The molecule has 3 fully saturated rings. The van der Waals surface area contributed by atoms with E-state index >= 15 is 0 Å². The summed E-state index contributed by atoms with van der Waals surface area (Å²) in [6.07, 6.45) is -1.57. The van der Waals surface area contributed by atoms with Gasteiger partial charge in [-0.25, -0.2) is 0 Å². The highest BCUT2D eigenvalue weighted by Crippen LogP contribution is 2.47. The average molecular weight is 318 g/mol. The summed E-state index contributed by atoms with van der Waals surface area (Å²) in [5, 5.41) is 10.8. The molecular weight excluding hydrogens is 292 g/mol. The predicted octanol–water partition coefficient (Wildman–Crippen LogP) is 0.782. The van der Waals surface area contributed by atoms with Crippen LogP contribution in [-0.4, -0.2) is 67.2 Å². The maximum atomic E-state index is 10.8. The lowest BCUT2D eigenvalue weighted by Crippen LogP contribution is -2.63. The molecule has 0 aromatic rings. The molecule has 1 saturated carbocycles. The van der Waals surface area contributed by atoms with E-state index in [2.05, 4.69) is 0 Å². The van der Waals surface area contributed by atoms with Gasteiger partial charge in [0, 0.05) is 13.5 Å². The van der Waals surface area contributed by atoms with E-state index in [-0.39, 0.29) is 19.0 Å². The summed E-state index contributed by atoms with van der Waals surface area (Å²) >= 11 is 0. The van der Waals surface area contributed by atoms with Crippen LogP contribution in [0.5, 0.6) is 0 Å². The van der Waals surface area contributed by atoms with Crippen LogP contribution < -0.4 is 0 Å². The zero-order chi connectivity index (χ0) is 16.2. The van der Waals surface area contributed by atoms with E-state index in [0.717, 1.165) is 0 Å². The fourth-order valence-electron chi connectivity index (χ4n) is 3.63. The van der Waals surface area contributed by atoms with Crippen molar-refractivity contribution < 1.29 is 33.5 Å². The molecule has 1 N–H and O–H groups in total. The van der Waals surface area contributed by atoms with E-state index in [9.17, 15) is 5.11 Å². The minimum atomic E-state index is -0.854. The van der Waals surface area contributed by atoms with Gasteiger partial charge in [0.1, 0.15) is 30.7 Å². The molecule has 7 heteroatoms. The van der Waals surface area contributed by atoms with Gasteiger partial charge in [0.25, 0.3) is 0 Å². The second-order valence-electron chi connectivity index (χ2n) is 7.18. The molecule has 0 amide bonds. The molecular formula is C15H26O7. The highest BCUT2D eigenvalue weighted by molar-refractivity contribution is 5.10. The first-order valence-corrected chi connectivity index (χ1v) is 7.66. The van der Waals surface area contributed by atoms with Crippen LogP contribution in [0.25, 0.3) is 0 Å². The Labute approximate surface area is 130 Å². The van der Waals surface area contributed by atoms with Gasteiger partial charge >= 0.3 is 0 Å². The van der Waals surface area contributed by atoms with E-state index in [0.29, 0.717) is 13.0 Å². The second-order valence-corrected chi connectivity index (χ2v) is 7.18. The first kappa shape index (κ1) is 16.6. The number of hydrogen-bond donors (Lipinski definition) is 1. The number of aliphatic hydroxyl groups is 1. The number of ether oxygens (including phenoxy) is 6. The van der Waals surface area contributed by atoms with Gasteiger partial charge in [-0.15, -0.1) is 0 Å². The fourth-order valence-corrected chi connectivity index (χ4v) is 3.63. The molecule has 1 spiro atoms. The van der Waals surface area contributed by atoms with Crippen LogP contribution in [0.4, 0.5) is 0 Å². The van der Waals surface area contributed by atoms with Crippen molar-refractivity contribution in [3.8, 4) is 0 Å². The molecule has 0 aromatic heterocycles. The second kappa shape index (κ2) is 5.37. The quantitative estimate of drug-likeness (QED) is 0.771. The van der Waals surface area contributed by atoms with Gasteiger partial charge in [0.2, 0.25) is 0 Å². The smallest absolute Gasteiger partial charge is 0.164 e. The van der Waals surface area contributed by atoms with Crippen LogP contribution in [0.1, 0.15) is 34.1 Å². The van der Waals surface area contributed by atoms with Crippen LogP contribution >= 0.6 is 0 Å². The third kappa shape index (κ3) is 2.80. The van der Waals surface area contributed by atoms with Crippen molar-refractivity contribution in [2.75, 3.05) is 20.5 Å². The monoisotopic (exact) mass is 318 g/mol. The molecule has 2 heterocycles. The van der Waals surface area contributed by atoms with Crippen molar-refractivity contribution in [1.29, 1.82) is 0 Å². The molecule has 2 aliphatic heterocycles. The maximum Gasteiger partial charge on any atom is 0.164 e. The third-order valence-corrected chi connectivity index (χ3v) is 4.44. The summed E-state index contributed by atoms with van der Waals surface area (Å²) in [4.78, 5) is 0. The lowest BCUT2D eigenvalue weighted by atomic mass is 9.77. The van der Waals surface area contributed by atoms with Gasteiger partial charge in [-0.2, -0.15) is 0 Å². The van der Waals surface area contributed by atoms with E-state index in [1.165, 1.54) is 0 Å². The minimum Gasteiger partial charge on any atom is -0.387 e. The van der Waals surface area contributed by atoms with Crippen LogP contribution in [0.15, 0.2) is 0 Å². The molecule has 2 saturated heterocycles. The molecule has 128 valence electrons. The Morgan fingerprint density at radius 2 is 1.77 bits per heavy atom. The highest BCUT2D eigenvalue weighted by Gasteiger charge is 2.64. The summed E-state index contributed by atoms with van der Waals surface area (Å²) in [6.45, 7) is 7.76. The molecule has 7 nitrogen and oxygen atoms in total. The summed E-state index contributed by atoms with van der Waals surface area (Å²) in [5.74, 6) is -1.51. The van der Waals surface area contributed by atoms with Crippen molar-refractivity contribution in [2.45, 2.75) is 75.7 Å². The Hall–Kier alpha value is -0.280. The van der Waals surface area contributed by atoms with E-state index in [4.69, 9.17) is 28.4 Å². The van der Waals surface area contributed by atoms with Crippen LogP contribution in [0.3, 0.4) is 0 Å². The molecule has 0 bridgehead atoms. The van der Waals surface area contributed by atoms with Crippen LogP contribution in [-0.2, 0) is 28.4 Å².